The fourth-order valence-electron chi connectivity index (χ4n) is 1.52. The number of nitrogens with zero attached hydrogens (tertiary/aromatic N) is 1. The van der Waals surface area contributed by atoms with E-state index in [1.54, 1.807) is 12.3 Å². The number of aromatic nitrogens is 1. The number of nitrogens with one attached hydrogen (secondary N) is 1. The Bertz CT molecular complexity index is 509. The summed E-state index contributed by atoms with van der Waals surface area (Å²) in [4.78, 5) is 15.2. The number of pyridine rings is 1. The third-order valence-electron chi connectivity index (χ3n) is 2.50. The van der Waals surface area contributed by atoms with Crippen LogP contribution in [0.1, 0.15) is 16.1 Å². The standard InChI is InChI=1S/C14H14N2O2/c1-18-14(17)13-8-7-12(10-16-13)15-9-11-5-3-2-4-6-11/h2-8,10,15H,9H2,1H3. The van der Waals surface area contributed by atoms with Gasteiger partial charge in [0.2, 0.25) is 0 Å². The first-order valence-electron chi connectivity index (χ1n) is 5.62. The van der Waals surface area contributed by atoms with E-state index in [9.17, 15) is 4.79 Å². The highest BCUT2D eigenvalue weighted by Gasteiger charge is 2.05. The Kier molecular flexibility index (Phi) is 3.91. The van der Waals surface area contributed by atoms with Crippen molar-refractivity contribution < 1.29 is 9.53 Å². The molecular weight excluding hydrogens is 228 g/mol. The van der Waals surface area contributed by atoms with E-state index in [-0.39, 0.29) is 0 Å². The van der Waals surface area contributed by atoms with E-state index in [1.807, 2.05) is 36.4 Å². The monoisotopic (exact) mass is 242 g/mol. The van der Waals surface area contributed by atoms with Gasteiger partial charge in [-0.2, -0.15) is 0 Å². The first-order valence-corrected chi connectivity index (χ1v) is 5.62. The fourth-order valence-corrected chi connectivity index (χ4v) is 1.52. The van der Waals surface area contributed by atoms with Gasteiger partial charge in [0.25, 0.3) is 0 Å². The van der Waals surface area contributed by atoms with Crippen molar-refractivity contribution in [2.45, 2.75) is 6.54 Å². The lowest BCUT2D eigenvalue weighted by molar-refractivity contribution is 0.0594. The Morgan fingerprint density at radius 2 is 2.00 bits per heavy atom. The second-order valence-electron chi connectivity index (χ2n) is 3.76. The zero-order valence-electron chi connectivity index (χ0n) is 10.1. The van der Waals surface area contributed by atoms with Crippen molar-refractivity contribution in [3.63, 3.8) is 0 Å². The SMILES string of the molecule is COC(=O)c1ccc(NCc2ccccc2)cn1. The van der Waals surface area contributed by atoms with E-state index in [2.05, 4.69) is 15.0 Å². The molecule has 92 valence electrons. The predicted octanol–water partition coefficient (Wildman–Crippen LogP) is 2.48. The maximum absolute atomic E-state index is 11.2. The molecule has 0 fully saturated rings. The van der Waals surface area contributed by atoms with Crippen molar-refractivity contribution in [3.8, 4) is 0 Å². The minimum absolute atomic E-state index is 0.308. The van der Waals surface area contributed by atoms with Crippen LogP contribution in [0.3, 0.4) is 0 Å². The van der Waals surface area contributed by atoms with Gasteiger partial charge in [-0.1, -0.05) is 30.3 Å². The van der Waals surface area contributed by atoms with Crippen LogP contribution in [0.4, 0.5) is 5.69 Å². The smallest absolute Gasteiger partial charge is 0.356 e. The van der Waals surface area contributed by atoms with Gasteiger partial charge >= 0.3 is 5.97 Å². The Balaban J connectivity index is 1.97. The van der Waals surface area contributed by atoms with Crippen LogP contribution in [0, 0.1) is 0 Å². The van der Waals surface area contributed by atoms with Gasteiger partial charge in [0.15, 0.2) is 0 Å². The Morgan fingerprint density at radius 3 is 2.61 bits per heavy atom. The van der Waals surface area contributed by atoms with E-state index in [4.69, 9.17) is 0 Å². The molecule has 0 aliphatic carbocycles. The van der Waals surface area contributed by atoms with Crippen LogP contribution in [0.2, 0.25) is 0 Å². The summed E-state index contributed by atoms with van der Waals surface area (Å²) in [7, 11) is 1.34. The number of carbonyl (C=O) groups is 1. The second-order valence-corrected chi connectivity index (χ2v) is 3.76. The molecule has 0 aliphatic rings. The third kappa shape index (κ3) is 3.07. The molecule has 1 aromatic heterocycles. The van der Waals surface area contributed by atoms with Gasteiger partial charge in [-0.15, -0.1) is 0 Å². The molecule has 1 heterocycles. The summed E-state index contributed by atoms with van der Waals surface area (Å²) < 4.78 is 4.58. The Labute approximate surface area is 106 Å². The van der Waals surface area contributed by atoms with E-state index in [0.29, 0.717) is 5.69 Å². The molecule has 4 nitrogen and oxygen atoms in total. The molecule has 1 aromatic carbocycles. The van der Waals surface area contributed by atoms with Gasteiger partial charge in [0.05, 0.1) is 19.0 Å². The minimum atomic E-state index is -0.426. The van der Waals surface area contributed by atoms with Crippen LogP contribution in [0.5, 0.6) is 0 Å². The molecule has 0 saturated carbocycles. The van der Waals surface area contributed by atoms with Gasteiger partial charge in [-0.25, -0.2) is 9.78 Å². The van der Waals surface area contributed by atoms with Crippen LogP contribution in [0.15, 0.2) is 48.7 Å². The topological polar surface area (TPSA) is 51.2 Å². The summed E-state index contributed by atoms with van der Waals surface area (Å²) in [6, 6.07) is 13.5. The predicted molar refractivity (Wildman–Crippen MR) is 69.3 cm³/mol. The maximum Gasteiger partial charge on any atom is 0.356 e. The van der Waals surface area contributed by atoms with Crippen molar-refractivity contribution in [3.05, 3.63) is 59.9 Å². The molecule has 0 amide bonds. The first kappa shape index (κ1) is 12.1. The van der Waals surface area contributed by atoms with Gasteiger partial charge in [0.1, 0.15) is 5.69 Å². The number of esters is 1. The molecule has 2 aromatic rings. The van der Waals surface area contributed by atoms with Crippen LogP contribution in [-0.2, 0) is 11.3 Å². The van der Waals surface area contributed by atoms with Gasteiger partial charge < -0.3 is 10.1 Å². The van der Waals surface area contributed by atoms with E-state index in [0.717, 1.165) is 12.2 Å². The molecule has 0 radical (unpaired) electrons. The molecule has 0 atom stereocenters. The highest BCUT2D eigenvalue weighted by atomic mass is 16.5. The number of benzene rings is 1. The first-order chi connectivity index (χ1) is 8.79. The summed E-state index contributed by atoms with van der Waals surface area (Å²) in [6.07, 6.45) is 1.62. The molecule has 1 N–H and O–H groups in total. The number of hydrogen-bond donors (Lipinski definition) is 1. The second kappa shape index (κ2) is 5.82. The summed E-state index contributed by atoms with van der Waals surface area (Å²) >= 11 is 0. The van der Waals surface area contributed by atoms with Crippen LogP contribution < -0.4 is 5.32 Å². The highest BCUT2D eigenvalue weighted by Crippen LogP contribution is 2.09. The number of carbonyl (C=O) groups excluding carboxylic acids is 1. The van der Waals surface area contributed by atoms with Gasteiger partial charge in [-0.05, 0) is 17.7 Å². The molecule has 18 heavy (non-hydrogen) atoms. The van der Waals surface area contributed by atoms with Crippen LogP contribution in [0.25, 0.3) is 0 Å². The molecule has 0 bridgehead atoms. The summed E-state index contributed by atoms with van der Waals surface area (Å²) in [5.74, 6) is -0.426. The van der Waals surface area contributed by atoms with Crippen LogP contribution >= 0.6 is 0 Å². The fraction of sp³-hybridized carbons (Fsp3) is 0.143. The number of ether oxygens (including phenoxy) is 1. The molecule has 2 rings (SSSR count). The third-order valence-corrected chi connectivity index (χ3v) is 2.50. The molecule has 0 saturated heterocycles. The van der Waals surface area contributed by atoms with Crippen molar-refractivity contribution in [2.24, 2.45) is 0 Å². The highest BCUT2D eigenvalue weighted by molar-refractivity contribution is 5.87. The zero-order valence-corrected chi connectivity index (χ0v) is 10.1. The van der Waals surface area contributed by atoms with E-state index in [1.165, 1.54) is 12.7 Å². The lowest BCUT2D eigenvalue weighted by atomic mass is 10.2. The molecule has 0 spiro atoms. The number of hydrogen-bond acceptors (Lipinski definition) is 4. The number of methoxy groups -OCH3 is 1. The van der Waals surface area contributed by atoms with Crippen molar-refractivity contribution in [2.75, 3.05) is 12.4 Å². The zero-order chi connectivity index (χ0) is 12.8. The molecule has 0 unspecified atom stereocenters. The molecule has 0 aliphatic heterocycles. The lowest BCUT2D eigenvalue weighted by Crippen LogP contribution is -2.05. The Morgan fingerprint density at radius 1 is 1.22 bits per heavy atom. The summed E-state index contributed by atoms with van der Waals surface area (Å²) in [5, 5.41) is 3.23. The largest absolute Gasteiger partial charge is 0.464 e. The molecule has 4 heteroatoms. The summed E-state index contributed by atoms with van der Waals surface area (Å²) in [6.45, 7) is 0.722. The van der Waals surface area contributed by atoms with Crippen molar-refractivity contribution >= 4 is 11.7 Å². The normalized spacial score (nSPS) is 9.83. The summed E-state index contributed by atoms with van der Waals surface area (Å²) in [5.41, 5.74) is 2.36. The van der Waals surface area contributed by atoms with E-state index < -0.39 is 5.97 Å². The number of rotatable bonds is 4. The van der Waals surface area contributed by atoms with E-state index >= 15 is 0 Å². The average molecular weight is 242 g/mol. The van der Waals surface area contributed by atoms with Crippen molar-refractivity contribution in [1.29, 1.82) is 0 Å². The minimum Gasteiger partial charge on any atom is -0.464 e. The maximum atomic E-state index is 11.2. The number of anilines is 1. The Hall–Kier alpha value is -2.36. The van der Waals surface area contributed by atoms with Gasteiger partial charge in [0, 0.05) is 6.54 Å². The van der Waals surface area contributed by atoms with Gasteiger partial charge in [-0.3, -0.25) is 0 Å². The van der Waals surface area contributed by atoms with Crippen LogP contribution in [-0.4, -0.2) is 18.1 Å². The molecular formula is C14H14N2O2. The quantitative estimate of drug-likeness (QED) is 0.837. The lowest BCUT2D eigenvalue weighted by Gasteiger charge is -2.06. The van der Waals surface area contributed by atoms with Crippen molar-refractivity contribution in [1.82, 2.24) is 4.98 Å². The average Bonchev–Trinajstić information content (AvgIpc) is 2.46.